The lowest BCUT2D eigenvalue weighted by atomic mass is 10.1. The summed E-state index contributed by atoms with van der Waals surface area (Å²) in [6, 6.07) is 3.05. The van der Waals surface area contributed by atoms with Crippen molar-refractivity contribution in [1.29, 1.82) is 0 Å². The van der Waals surface area contributed by atoms with Crippen molar-refractivity contribution < 1.29 is 4.92 Å². The minimum Gasteiger partial charge on any atom is -0.370 e. The second kappa shape index (κ2) is 3.95. The highest BCUT2D eigenvalue weighted by Gasteiger charge is 2.14. The molecule has 0 saturated heterocycles. The molecular weight excluding hydrogens is 196 g/mol. The van der Waals surface area contributed by atoms with Gasteiger partial charge in [0.05, 0.1) is 4.92 Å². The zero-order valence-electron chi connectivity index (χ0n) is 8.52. The van der Waals surface area contributed by atoms with E-state index in [0.29, 0.717) is 0 Å². The maximum Gasteiger partial charge on any atom is 0.295 e. The molecule has 0 aliphatic heterocycles. The van der Waals surface area contributed by atoms with Crippen LogP contribution in [0.25, 0.3) is 0 Å². The minimum atomic E-state index is -0.506. The first-order valence-corrected chi connectivity index (χ1v) is 4.27. The predicted octanol–water partition coefficient (Wildman–Crippen LogP) is 1.12. The van der Waals surface area contributed by atoms with E-state index in [4.69, 9.17) is 11.5 Å². The van der Waals surface area contributed by atoms with E-state index in [1.54, 1.807) is 13.0 Å². The molecule has 1 aromatic rings. The summed E-state index contributed by atoms with van der Waals surface area (Å²) in [6.45, 7) is 3.63. The first kappa shape index (κ1) is 11.0. The highest BCUT2D eigenvalue weighted by atomic mass is 16.6. The smallest absolute Gasteiger partial charge is 0.295 e. The zero-order valence-corrected chi connectivity index (χ0v) is 8.52. The monoisotopic (exact) mass is 208 g/mol. The Bertz CT molecular complexity index is 436. The number of nitrogens with two attached hydrogens (primary N) is 2. The molecule has 0 aromatic heterocycles. The van der Waals surface area contributed by atoms with Crippen LogP contribution in [0.1, 0.15) is 11.1 Å². The highest BCUT2D eigenvalue weighted by Crippen LogP contribution is 2.30. The summed E-state index contributed by atoms with van der Waals surface area (Å²) in [5.74, 6) is -0.193. The van der Waals surface area contributed by atoms with E-state index in [2.05, 4.69) is 4.99 Å². The van der Waals surface area contributed by atoms with Gasteiger partial charge in [-0.1, -0.05) is 0 Å². The van der Waals surface area contributed by atoms with E-state index >= 15 is 0 Å². The van der Waals surface area contributed by atoms with Crippen molar-refractivity contribution in [2.24, 2.45) is 16.5 Å². The number of nitro groups is 1. The summed E-state index contributed by atoms with van der Waals surface area (Å²) in [6.07, 6.45) is 0. The van der Waals surface area contributed by atoms with Crippen molar-refractivity contribution >= 4 is 17.3 Å². The molecule has 6 nitrogen and oxygen atoms in total. The number of aliphatic imine (C=N–C) groups is 1. The van der Waals surface area contributed by atoms with E-state index in [1.165, 1.54) is 6.07 Å². The Morgan fingerprint density at radius 3 is 2.33 bits per heavy atom. The van der Waals surface area contributed by atoms with E-state index < -0.39 is 4.92 Å². The Balaban J connectivity index is 3.41. The third kappa shape index (κ3) is 2.43. The fourth-order valence-corrected chi connectivity index (χ4v) is 1.16. The molecule has 0 radical (unpaired) electrons. The van der Waals surface area contributed by atoms with Gasteiger partial charge < -0.3 is 11.5 Å². The number of hydrogen-bond acceptors (Lipinski definition) is 3. The number of nitro benzene ring substituents is 1. The van der Waals surface area contributed by atoms with Crippen LogP contribution in [0.15, 0.2) is 17.1 Å². The number of rotatable bonds is 2. The van der Waals surface area contributed by atoms with Crippen molar-refractivity contribution in [3.05, 3.63) is 33.4 Å². The van der Waals surface area contributed by atoms with Crippen LogP contribution in [0.2, 0.25) is 0 Å². The van der Waals surface area contributed by atoms with Crippen LogP contribution in [0.3, 0.4) is 0 Å². The van der Waals surface area contributed by atoms with Gasteiger partial charge in [0.2, 0.25) is 0 Å². The molecule has 0 unspecified atom stereocenters. The molecule has 1 aromatic carbocycles. The molecule has 1 rings (SSSR count). The second-order valence-corrected chi connectivity index (χ2v) is 3.22. The van der Waals surface area contributed by atoms with E-state index in [1.807, 2.05) is 6.92 Å². The van der Waals surface area contributed by atoms with Gasteiger partial charge in [-0.15, -0.1) is 0 Å². The molecule has 0 amide bonds. The number of guanidine groups is 1. The molecule has 4 N–H and O–H groups in total. The van der Waals surface area contributed by atoms with E-state index in [9.17, 15) is 10.1 Å². The molecule has 6 heteroatoms. The van der Waals surface area contributed by atoms with Crippen molar-refractivity contribution in [2.45, 2.75) is 13.8 Å². The molecule has 0 spiro atoms. The SMILES string of the molecule is Cc1cc(N=C(N)N)c([N+](=O)[O-])cc1C. The van der Waals surface area contributed by atoms with Crippen molar-refractivity contribution in [3.8, 4) is 0 Å². The zero-order chi connectivity index (χ0) is 11.6. The summed E-state index contributed by atoms with van der Waals surface area (Å²) in [7, 11) is 0. The Hall–Kier alpha value is -2.11. The summed E-state index contributed by atoms with van der Waals surface area (Å²) >= 11 is 0. The highest BCUT2D eigenvalue weighted by molar-refractivity contribution is 5.81. The first-order chi connectivity index (χ1) is 6.91. The van der Waals surface area contributed by atoms with Gasteiger partial charge in [0, 0.05) is 6.07 Å². The largest absolute Gasteiger partial charge is 0.370 e. The van der Waals surface area contributed by atoms with E-state index in [-0.39, 0.29) is 17.3 Å². The summed E-state index contributed by atoms with van der Waals surface area (Å²) in [5, 5.41) is 10.7. The number of hydrogen-bond donors (Lipinski definition) is 2. The normalized spacial score (nSPS) is 9.73. The van der Waals surface area contributed by atoms with Gasteiger partial charge in [0.25, 0.3) is 5.69 Å². The van der Waals surface area contributed by atoms with E-state index in [0.717, 1.165) is 11.1 Å². The molecule has 0 saturated carbocycles. The lowest BCUT2D eigenvalue weighted by Gasteiger charge is -2.03. The number of aryl methyl sites for hydroxylation is 2. The van der Waals surface area contributed by atoms with Gasteiger partial charge >= 0.3 is 0 Å². The van der Waals surface area contributed by atoms with Gasteiger partial charge in [-0.2, -0.15) is 0 Å². The van der Waals surface area contributed by atoms with Gasteiger partial charge in [0.1, 0.15) is 5.69 Å². The molecule has 0 aliphatic rings. The topological polar surface area (TPSA) is 108 Å². The molecule has 0 heterocycles. The van der Waals surface area contributed by atoms with Gasteiger partial charge in [-0.25, -0.2) is 4.99 Å². The third-order valence-corrected chi connectivity index (χ3v) is 2.04. The standard InChI is InChI=1S/C9H12N4O2/c1-5-3-7(12-9(10)11)8(13(14)15)4-6(5)2/h3-4H,1-2H3,(H4,10,11,12). The number of benzene rings is 1. The average Bonchev–Trinajstić information content (AvgIpc) is 2.09. The van der Waals surface area contributed by atoms with Crippen LogP contribution in [0.5, 0.6) is 0 Å². The summed E-state index contributed by atoms with van der Waals surface area (Å²) < 4.78 is 0. The molecule has 0 bridgehead atoms. The average molecular weight is 208 g/mol. The molecule has 0 fully saturated rings. The van der Waals surface area contributed by atoms with Crippen molar-refractivity contribution in [2.75, 3.05) is 0 Å². The van der Waals surface area contributed by atoms with Crippen molar-refractivity contribution in [1.82, 2.24) is 0 Å². The first-order valence-electron chi connectivity index (χ1n) is 4.27. The predicted molar refractivity (Wildman–Crippen MR) is 58.0 cm³/mol. The Labute approximate surface area is 86.8 Å². The van der Waals surface area contributed by atoms with Crippen LogP contribution in [0.4, 0.5) is 11.4 Å². The van der Waals surface area contributed by atoms with Gasteiger partial charge in [-0.3, -0.25) is 10.1 Å². The van der Waals surface area contributed by atoms with Crippen LogP contribution >= 0.6 is 0 Å². The summed E-state index contributed by atoms with van der Waals surface area (Å²) in [5.41, 5.74) is 12.2. The quantitative estimate of drug-likeness (QED) is 0.328. The molecule has 0 aliphatic carbocycles. The maximum atomic E-state index is 10.7. The lowest BCUT2D eigenvalue weighted by Crippen LogP contribution is -2.22. The van der Waals surface area contributed by atoms with Gasteiger partial charge in [0.15, 0.2) is 5.96 Å². The molecule has 15 heavy (non-hydrogen) atoms. The number of nitrogens with zero attached hydrogens (tertiary/aromatic N) is 2. The lowest BCUT2D eigenvalue weighted by molar-refractivity contribution is -0.384. The molecule has 0 atom stereocenters. The van der Waals surface area contributed by atoms with Crippen molar-refractivity contribution in [3.63, 3.8) is 0 Å². The fraction of sp³-hybridized carbons (Fsp3) is 0.222. The Morgan fingerprint density at radius 1 is 1.33 bits per heavy atom. The fourth-order valence-electron chi connectivity index (χ4n) is 1.16. The molecular formula is C9H12N4O2. The van der Waals surface area contributed by atoms with Crippen LogP contribution < -0.4 is 11.5 Å². The second-order valence-electron chi connectivity index (χ2n) is 3.22. The third-order valence-electron chi connectivity index (χ3n) is 2.04. The van der Waals surface area contributed by atoms with Gasteiger partial charge in [-0.05, 0) is 31.0 Å². The van der Waals surface area contributed by atoms with Crippen LogP contribution in [0, 0.1) is 24.0 Å². The minimum absolute atomic E-state index is 0.0912. The summed E-state index contributed by atoms with van der Waals surface area (Å²) in [4.78, 5) is 13.9. The van der Waals surface area contributed by atoms with Crippen LogP contribution in [-0.4, -0.2) is 10.9 Å². The Morgan fingerprint density at radius 2 is 1.87 bits per heavy atom. The maximum absolute atomic E-state index is 10.7. The Kier molecular flexibility index (Phi) is 2.89. The van der Waals surface area contributed by atoms with Crippen LogP contribution in [-0.2, 0) is 0 Å². The molecule has 80 valence electrons.